The molecule has 1 aliphatic rings. The summed E-state index contributed by atoms with van der Waals surface area (Å²) in [4.78, 5) is 32.7. The molecule has 7 nitrogen and oxygen atoms in total. The number of nitrogens with zero attached hydrogens (tertiary/aromatic N) is 2. The minimum atomic E-state index is -0.685. The lowest BCUT2D eigenvalue weighted by Crippen LogP contribution is -2.40. The van der Waals surface area contributed by atoms with Crippen LogP contribution in [0, 0.1) is 0 Å². The zero-order chi connectivity index (χ0) is 26.8. The molecule has 1 aliphatic heterocycles. The number of anilines is 1. The van der Waals surface area contributed by atoms with Crippen LogP contribution >= 0.6 is 27.3 Å². The zero-order valence-electron chi connectivity index (χ0n) is 20.9. The third-order valence-corrected chi connectivity index (χ3v) is 7.78. The first kappa shape index (κ1) is 25.7. The molecular formula is C29H24BrN3O4S. The molecule has 38 heavy (non-hydrogen) atoms. The van der Waals surface area contributed by atoms with Crippen LogP contribution in [-0.4, -0.2) is 24.7 Å². The van der Waals surface area contributed by atoms with Crippen LogP contribution in [0.15, 0.2) is 98.3 Å². The van der Waals surface area contributed by atoms with Gasteiger partial charge in [0, 0.05) is 5.69 Å². The van der Waals surface area contributed by atoms with Crippen LogP contribution < -0.4 is 29.7 Å². The monoisotopic (exact) mass is 589 g/mol. The van der Waals surface area contributed by atoms with Gasteiger partial charge in [0.25, 0.3) is 11.5 Å². The number of aromatic nitrogens is 1. The summed E-state index contributed by atoms with van der Waals surface area (Å²) in [5, 5.41) is 2.96. The molecule has 1 amide bonds. The summed E-state index contributed by atoms with van der Waals surface area (Å²) in [6, 6.07) is 21.5. The minimum Gasteiger partial charge on any atom is -0.497 e. The number of carbonyl (C=O) groups excluding carboxylic acids is 1. The maximum atomic E-state index is 13.9. The molecule has 5 rings (SSSR count). The average molecular weight is 590 g/mol. The first-order chi connectivity index (χ1) is 18.4. The van der Waals surface area contributed by atoms with Crippen molar-refractivity contribution in [2.45, 2.75) is 13.0 Å². The Labute approximate surface area is 231 Å². The number of hydrogen-bond donors (Lipinski definition) is 1. The van der Waals surface area contributed by atoms with Crippen molar-refractivity contribution in [2.75, 3.05) is 19.5 Å². The van der Waals surface area contributed by atoms with Gasteiger partial charge in [0.15, 0.2) is 4.80 Å². The molecular weight excluding hydrogens is 566 g/mol. The standard InChI is InChI=1S/C29H24BrN3O4S/c1-17-25(27(34)32-20-9-5-4-6-10-20)26(19-8-7-11-21(16-19)36-2)33-28(35)24(38-29(33)31-17)15-18-12-13-23(37-3)22(30)14-18/h4-16,26H,1-3H3,(H,32,34)/b24-15-/t26-/m0/s1. The van der Waals surface area contributed by atoms with Gasteiger partial charge in [0.05, 0.1) is 40.5 Å². The van der Waals surface area contributed by atoms with Gasteiger partial charge in [-0.1, -0.05) is 47.7 Å². The number of carbonyl (C=O) groups is 1. The van der Waals surface area contributed by atoms with Crippen molar-refractivity contribution in [2.24, 2.45) is 4.99 Å². The smallest absolute Gasteiger partial charge is 0.271 e. The van der Waals surface area contributed by atoms with E-state index < -0.39 is 6.04 Å². The van der Waals surface area contributed by atoms with Crippen molar-refractivity contribution in [1.82, 2.24) is 4.57 Å². The predicted molar refractivity (Wildman–Crippen MR) is 153 cm³/mol. The van der Waals surface area contributed by atoms with Gasteiger partial charge in [0.1, 0.15) is 11.5 Å². The molecule has 4 aromatic rings. The van der Waals surface area contributed by atoms with Crippen LogP contribution in [0.3, 0.4) is 0 Å². The third kappa shape index (κ3) is 4.94. The van der Waals surface area contributed by atoms with E-state index in [9.17, 15) is 9.59 Å². The van der Waals surface area contributed by atoms with Gasteiger partial charge in [-0.3, -0.25) is 14.2 Å². The van der Waals surface area contributed by atoms with Crippen LogP contribution in [0.5, 0.6) is 11.5 Å². The number of methoxy groups -OCH3 is 2. The SMILES string of the molecule is COc1cccc([C@H]2C(C(=O)Nc3ccccc3)=C(C)N=c3s/c(=C\c4ccc(OC)c(Br)c4)c(=O)n32)c1. The fourth-order valence-electron chi connectivity index (χ4n) is 4.38. The average Bonchev–Trinajstić information content (AvgIpc) is 3.22. The van der Waals surface area contributed by atoms with Gasteiger partial charge >= 0.3 is 0 Å². The summed E-state index contributed by atoms with van der Waals surface area (Å²) in [6.07, 6.45) is 1.82. The van der Waals surface area contributed by atoms with E-state index in [4.69, 9.17) is 14.5 Å². The van der Waals surface area contributed by atoms with Crippen molar-refractivity contribution in [3.8, 4) is 11.5 Å². The Morgan fingerprint density at radius 2 is 1.84 bits per heavy atom. The highest BCUT2D eigenvalue weighted by atomic mass is 79.9. The number of thiazole rings is 1. The molecule has 1 N–H and O–H groups in total. The number of amides is 1. The molecule has 0 fully saturated rings. The number of fused-ring (bicyclic) bond motifs is 1. The van der Waals surface area contributed by atoms with E-state index in [2.05, 4.69) is 21.2 Å². The molecule has 0 saturated heterocycles. The number of halogens is 1. The summed E-state index contributed by atoms with van der Waals surface area (Å²) in [6.45, 7) is 1.80. The summed E-state index contributed by atoms with van der Waals surface area (Å²) in [5.74, 6) is 1.01. The molecule has 0 radical (unpaired) electrons. The van der Waals surface area contributed by atoms with Gasteiger partial charge in [-0.15, -0.1) is 0 Å². The van der Waals surface area contributed by atoms with E-state index in [1.807, 2.05) is 78.9 Å². The Balaban J connectivity index is 1.67. The Bertz CT molecular complexity index is 1740. The molecule has 9 heteroatoms. The Morgan fingerprint density at radius 3 is 2.55 bits per heavy atom. The Hall–Kier alpha value is -3.95. The predicted octanol–water partition coefficient (Wildman–Crippen LogP) is 4.65. The van der Waals surface area contributed by atoms with Gasteiger partial charge in [-0.05, 0) is 76.5 Å². The van der Waals surface area contributed by atoms with Crippen molar-refractivity contribution in [3.63, 3.8) is 0 Å². The van der Waals surface area contributed by atoms with Gasteiger partial charge in [-0.25, -0.2) is 4.99 Å². The maximum absolute atomic E-state index is 13.9. The molecule has 3 aromatic carbocycles. The number of rotatable bonds is 6. The number of hydrogen-bond acceptors (Lipinski definition) is 6. The molecule has 1 aromatic heterocycles. The second-order valence-corrected chi connectivity index (χ2v) is 10.4. The summed E-state index contributed by atoms with van der Waals surface area (Å²) >= 11 is 4.79. The molecule has 0 bridgehead atoms. The van der Waals surface area contributed by atoms with E-state index >= 15 is 0 Å². The minimum absolute atomic E-state index is 0.231. The molecule has 2 heterocycles. The fourth-order valence-corrected chi connectivity index (χ4v) is 5.99. The van der Waals surface area contributed by atoms with E-state index in [1.54, 1.807) is 25.7 Å². The van der Waals surface area contributed by atoms with Crippen molar-refractivity contribution in [1.29, 1.82) is 0 Å². The van der Waals surface area contributed by atoms with Crippen LogP contribution in [0.2, 0.25) is 0 Å². The maximum Gasteiger partial charge on any atom is 0.271 e. The number of nitrogens with one attached hydrogen (secondary N) is 1. The van der Waals surface area contributed by atoms with E-state index in [0.717, 1.165) is 15.6 Å². The van der Waals surface area contributed by atoms with E-state index in [1.165, 1.54) is 11.3 Å². The zero-order valence-corrected chi connectivity index (χ0v) is 23.3. The van der Waals surface area contributed by atoms with Gasteiger partial charge < -0.3 is 14.8 Å². The van der Waals surface area contributed by atoms with Crippen molar-refractivity contribution >= 4 is 44.9 Å². The first-order valence-corrected chi connectivity index (χ1v) is 13.4. The molecule has 0 saturated carbocycles. The van der Waals surface area contributed by atoms with Crippen molar-refractivity contribution in [3.05, 3.63) is 119 Å². The lowest BCUT2D eigenvalue weighted by atomic mass is 9.95. The molecule has 0 spiro atoms. The largest absolute Gasteiger partial charge is 0.497 e. The number of para-hydroxylation sites is 1. The quantitative estimate of drug-likeness (QED) is 0.355. The normalized spacial score (nSPS) is 15.1. The highest BCUT2D eigenvalue weighted by Crippen LogP contribution is 2.32. The number of benzene rings is 3. The Morgan fingerprint density at radius 1 is 1.05 bits per heavy atom. The molecule has 192 valence electrons. The van der Waals surface area contributed by atoms with Crippen LogP contribution in [0.4, 0.5) is 5.69 Å². The van der Waals surface area contributed by atoms with Crippen LogP contribution in [-0.2, 0) is 4.79 Å². The fraction of sp³-hybridized carbons (Fsp3) is 0.138. The lowest BCUT2D eigenvalue weighted by molar-refractivity contribution is -0.113. The summed E-state index contributed by atoms with van der Waals surface area (Å²) in [5.41, 5.74) is 2.95. The number of allylic oxidation sites excluding steroid dienone is 1. The van der Waals surface area contributed by atoms with E-state index in [0.29, 0.717) is 37.8 Å². The number of ether oxygens (including phenoxy) is 2. The van der Waals surface area contributed by atoms with E-state index in [-0.39, 0.29) is 11.5 Å². The van der Waals surface area contributed by atoms with Gasteiger partial charge in [0.2, 0.25) is 0 Å². The molecule has 0 unspecified atom stereocenters. The lowest BCUT2D eigenvalue weighted by Gasteiger charge is -2.25. The van der Waals surface area contributed by atoms with Crippen LogP contribution in [0.25, 0.3) is 6.08 Å². The summed E-state index contributed by atoms with van der Waals surface area (Å²) < 4.78 is 13.7. The first-order valence-electron chi connectivity index (χ1n) is 11.8. The second-order valence-electron chi connectivity index (χ2n) is 8.57. The van der Waals surface area contributed by atoms with Crippen LogP contribution in [0.1, 0.15) is 24.1 Å². The Kier molecular flexibility index (Phi) is 7.31. The topological polar surface area (TPSA) is 81.9 Å². The second kappa shape index (κ2) is 10.8. The highest BCUT2D eigenvalue weighted by molar-refractivity contribution is 9.10. The summed E-state index contributed by atoms with van der Waals surface area (Å²) in [7, 11) is 3.19. The third-order valence-electron chi connectivity index (χ3n) is 6.18. The molecule has 0 aliphatic carbocycles. The highest BCUT2D eigenvalue weighted by Gasteiger charge is 2.32. The van der Waals surface area contributed by atoms with Gasteiger partial charge in [-0.2, -0.15) is 0 Å². The molecule has 1 atom stereocenters. The van der Waals surface area contributed by atoms with Crippen molar-refractivity contribution < 1.29 is 14.3 Å².